The molecule has 3 heterocycles. The molecule has 396 valence electrons. The predicted octanol–water partition coefficient (Wildman–Crippen LogP) is 7.43. The van der Waals surface area contributed by atoms with Crippen LogP contribution in [0.3, 0.4) is 0 Å². The lowest BCUT2D eigenvalue weighted by molar-refractivity contribution is -0.438. The van der Waals surface area contributed by atoms with Crippen LogP contribution in [0.1, 0.15) is 115 Å². The fraction of sp³-hybridized carbons (Fsp3) is 0.440. The van der Waals surface area contributed by atoms with Gasteiger partial charge in [-0.25, -0.2) is 4.79 Å². The summed E-state index contributed by atoms with van der Waals surface area (Å²) in [6.07, 6.45) is 22.6. The van der Waals surface area contributed by atoms with E-state index >= 15 is 0 Å². The monoisotopic (exact) mass is 1090 g/mol. The van der Waals surface area contributed by atoms with Gasteiger partial charge >= 0.3 is 5.97 Å². The zero-order valence-corrected chi connectivity index (χ0v) is 43.9. The molecule has 0 saturated carbocycles. The van der Waals surface area contributed by atoms with Crippen LogP contribution in [0.4, 0.5) is 11.4 Å². The van der Waals surface area contributed by atoms with Gasteiger partial charge in [-0.3, -0.25) is 27.8 Å². The molecule has 2 atom stereocenters. The Bertz CT molecular complexity index is 3160. The number of amides is 2. The third-order valence-electron chi connectivity index (χ3n) is 13.6. The van der Waals surface area contributed by atoms with Gasteiger partial charge in [-0.05, 0) is 106 Å². The van der Waals surface area contributed by atoms with E-state index in [2.05, 4.69) is 4.58 Å². The van der Waals surface area contributed by atoms with Crippen LogP contribution in [0.15, 0.2) is 118 Å². The Kier molecular flexibility index (Phi) is 18.3. The van der Waals surface area contributed by atoms with Crippen LogP contribution in [-0.4, -0.2) is 110 Å². The van der Waals surface area contributed by atoms with Crippen molar-refractivity contribution in [3.63, 3.8) is 0 Å². The van der Waals surface area contributed by atoms with E-state index in [1.807, 2.05) is 73.4 Å². The highest BCUT2D eigenvalue weighted by atomic mass is 32.2. The van der Waals surface area contributed by atoms with E-state index in [0.717, 1.165) is 5.57 Å². The number of carbonyl (C=O) groups is 3. The fourth-order valence-corrected chi connectivity index (χ4v) is 12.0. The molecule has 0 bridgehead atoms. The van der Waals surface area contributed by atoms with Crippen LogP contribution in [-0.2, 0) is 70.5 Å². The number of unbranched alkanes of at least 4 members (excludes halogenated alkanes) is 4. The van der Waals surface area contributed by atoms with Gasteiger partial charge in [0.2, 0.25) is 5.69 Å². The fourth-order valence-electron chi connectivity index (χ4n) is 9.88. The van der Waals surface area contributed by atoms with Crippen molar-refractivity contribution < 1.29 is 75.7 Å². The Morgan fingerprint density at radius 1 is 0.699 bits per heavy atom. The minimum Gasteiger partial charge on any atom is -0.344 e. The molecule has 0 spiro atoms. The van der Waals surface area contributed by atoms with Gasteiger partial charge in [-0.2, -0.15) is 38.2 Å². The summed E-state index contributed by atoms with van der Waals surface area (Å²) in [5, 5.41) is 0.488. The predicted molar refractivity (Wildman–Crippen MR) is 272 cm³/mol. The van der Waals surface area contributed by atoms with E-state index in [-0.39, 0.29) is 67.6 Å². The molecule has 1 fully saturated rings. The second-order valence-electron chi connectivity index (χ2n) is 18.9. The summed E-state index contributed by atoms with van der Waals surface area (Å²) in [7, 11) is -18.0. The van der Waals surface area contributed by atoms with Gasteiger partial charge < -0.3 is 9.74 Å². The highest BCUT2D eigenvalue weighted by Crippen LogP contribution is 2.52. The van der Waals surface area contributed by atoms with Crippen LogP contribution < -0.4 is 4.90 Å². The Labute approximate surface area is 427 Å². The Hall–Kier alpha value is -5.40. The number of carbonyl (C=O) groups excluding carboxylic acids is 3. The molecule has 0 radical (unpaired) electrons. The number of rotatable bonds is 25. The van der Waals surface area contributed by atoms with Crippen molar-refractivity contribution >= 4 is 75.3 Å². The molecule has 2 amide bonds. The van der Waals surface area contributed by atoms with Crippen molar-refractivity contribution in [2.24, 2.45) is 0 Å². The molecule has 3 aliphatic heterocycles. The number of benzene rings is 2. The van der Waals surface area contributed by atoms with Crippen LogP contribution >= 0.6 is 0 Å². The summed E-state index contributed by atoms with van der Waals surface area (Å²) in [5.41, 5.74) is 2.63. The standard InChI is InChI=1S/C50H61N3O16S4/c1-49(29-10-13-33-70(57,58)59)40-35-38(72(63,64)65)23-25-42(40)51(31-12-6-9-22-48(56)69-53-46(54)27-28-47(53)55)44(49)20-15-21-45-50(2,30-11-14-34-71(60,61)62)41-36-39(73(66,67)68)24-26-43(41)52(45)32-16-19-37-17-7-4-3-5-8-18-37/h3-5,7-8,15,17-18,20-21,23-26,35-36H,6,9-14,16,19,22,27-34H2,1-2H3,(H3-,57,58,59,60,61,62,63,64,65,66,67,68)/p+1/b4-3-,5-3?,7-4?,8-5-,17-7-,18-8?,37-17?,37-18+. The number of nitrogens with zero attached hydrogens (tertiary/aromatic N) is 3. The number of hydrogen-bond donors (Lipinski definition) is 4. The van der Waals surface area contributed by atoms with Gasteiger partial charge in [0.05, 0.1) is 26.7 Å². The highest BCUT2D eigenvalue weighted by molar-refractivity contribution is 7.86. The second kappa shape index (κ2) is 23.4. The van der Waals surface area contributed by atoms with Crippen molar-refractivity contribution in [3.8, 4) is 0 Å². The molecule has 73 heavy (non-hydrogen) atoms. The first-order chi connectivity index (χ1) is 34.2. The van der Waals surface area contributed by atoms with Gasteiger partial charge in [0.25, 0.3) is 52.3 Å². The zero-order chi connectivity index (χ0) is 53.4. The highest BCUT2D eigenvalue weighted by Gasteiger charge is 2.48. The van der Waals surface area contributed by atoms with E-state index in [4.69, 9.17) is 4.84 Å². The minimum absolute atomic E-state index is 0.0468. The molecule has 23 heteroatoms. The number of allylic oxidation sites excluding steroid dienone is 12. The molecule has 2 unspecified atom stereocenters. The smallest absolute Gasteiger partial charge is 0.333 e. The van der Waals surface area contributed by atoms with E-state index in [0.29, 0.717) is 84.2 Å². The average Bonchev–Trinajstić information content (AvgIpc) is 3.82. The van der Waals surface area contributed by atoms with Gasteiger partial charge in [0.1, 0.15) is 6.54 Å². The summed E-state index contributed by atoms with van der Waals surface area (Å²) < 4.78 is 139. The van der Waals surface area contributed by atoms with Crippen molar-refractivity contribution in [1.29, 1.82) is 0 Å². The van der Waals surface area contributed by atoms with Crippen LogP contribution in [0.2, 0.25) is 0 Å². The summed E-state index contributed by atoms with van der Waals surface area (Å²) in [6, 6.07) is 8.54. The Balaban J connectivity index is 1.42. The summed E-state index contributed by atoms with van der Waals surface area (Å²) in [4.78, 5) is 42.8. The number of hydrogen-bond acceptors (Lipinski definition) is 13. The molecule has 19 nitrogen and oxygen atoms in total. The van der Waals surface area contributed by atoms with Crippen LogP contribution in [0.25, 0.3) is 0 Å². The summed E-state index contributed by atoms with van der Waals surface area (Å²) in [6.45, 7) is 4.49. The first-order valence-electron chi connectivity index (χ1n) is 23.9. The van der Waals surface area contributed by atoms with Crippen molar-refractivity contribution in [2.75, 3.05) is 29.5 Å². The van der Waals surface area contributed by atoms with E-state index in [1.54, 1.807) is 18.2 Å². The molecule has 0 aromatic heterocycles. The van der Waals surface area contributed by atoms with Gasteiger partial charge in [0, 0.05) is 66.7 Å². The molecule has 1 saturated heterocycles. The number of fused-ring (bicyclic) bond motifs is 2. The van der Waals surface area contributed by atoms with Crippen LogP contribution in [0, 0.1) is 0 Å². The zero-order valence-electron chi connectivity index (χ0n) is 40.6. The Morgan fingerprint density at radius 3 is 1.92 bits per heavy atom. The molecule has 6 rings (SSSR count). The quantitative estimate of drug-likeness (QED) is 0.0325. The maximum atomic E-state index is 12.6. The summed E-state index contributed by atoms with van der Waals surface area (Å²) in [5.74, 6) is -2.97. The molecule has 4 N–H and O–H groups in total. The maximum absolute atomic E-state index is 12.6. The minimum atomic E-state index is -4.70. The molecular formula is C50H62N3O16S4+. The molecule has 2 aromatic rings. The second-order valence-corrected chi connectivity index (χ2v) is 24.9. The SMILES string of the molecule is CC1(CCCCS(=O)(=O)O)C(/C=C/C=C2/N(CCCCCC(=O)ON3C(=O)CCC3=O)c3ccc(S(=O)(=O)O)cc3C2(C)CCCCS(=O)(=O)O)=[N+](CCCC2=C/C=C\C=C/C=C\2)c2ccc(S(=O)(=O)O)cc21. The lowest BCUT2D eigenvalue weighted by Gasteiger charge is -2.30. The van der Waals surface area contributed by atoms with E-state index < -0.39 is 80.6 Å². The lowest BCUT2D eigenvalue weighted by Crippen LogP contribution is -2.32. The van der Waals surface area contributed by atoms with Crippen molar-refractivity contribution in [2.45, 2.75) is 124 Å². The third kappa shape index (κ3) is 14.7. The number of anilines is 1. The van der Waals surface area contributed by atoms with Crippen LogP contribution in [0.5, 0.6) is 0 Å². The van der Waals surface area contributed by atoms with Gasteiger partial charge in [-0.1, -0.05) is 67.9 Å². The lowest BCUT2D eigenvalue weighted by atomic mass is 9.75. The molecular weight excluding hydrogens is 1030 g/mol. The molecule has 4 aliphatic rings. The maximum Gasteiger partial charge on any atom is 0.333 e. The molecule has 1 aliphatic carbocycles. The van der Waals surface area contributed by atoms with Gasteiger partial charge in [-0.15, -0.1) is 5.06 Å². The number of imide groups is 1. The Morgan fingerprint density at radius 2 is 1.29 bits per heavy atom. The van der Waals surface area contributed by atoms with Crippen molar-refractivity contribution in [1.82, 2.24) is 5.06 Å². The van der Waals surface area contributed by atoms with Crippen molar-refractivity contribution in [3.05, 3.63) is 120 Å². The number of hydroxylamine groups is 2. The van der Waals surface area contributed by atoms with E-state index in [9.17, 15) is 66.3 Å². The van der Waals surface area contributed by atoms with E-state index in [1.165, 1.54) is 24.3 Å². The summed E-state index contributed by atoms with van der Waals surface area (Å²) >= 11 is 0. The average molecular weight is 1090 g/mol. The van der Waals surface area contributed by atoms with Gasteiger partial charge in [0.15, 0.2) is 5.71 Å². The largest absolute Gasteiger partial charge is 0.344 e. The first-order valence-corrected chi connectivity index (χ1v) is 30.0. The topological polar surface area (TPSA) is 287 Å². The first kappa shape index (κ1) is 56.9. The normalized spacial score (nSPS) is 22.9. The third-order valence-corrected chi connectivity index (χ3v) is 16.9. The molecule has 2 aromatic carbocycles.